The van der Waals surface area contributed by atoms with Crippen LogP contribution in [0.3, 0.4) is 0 Å². The van der Waals surface area contributed by atoms with Gasteiger partial charge >= 0.3 is 0 Å². The summed E-state index contributed by atoms with van der Waals surface area (Å²) in [5.74, 6) is 0. The molecule has 1 aliphatic rings. The van der Waals surface area contributed by atoms with Crippen LogP contribution in [0.2, 0.25) is 0 Å². The molecule has 2 rings (SSSR count). The van der Waals surface area contributed by atoms with Gasteiger partial charge in [0.25, 0.3) is 0 Å². The number of halogens is 2. The molecule has 0 radical (unpaired) electrons. The SMILES string of the molecule is Cc1ccc(CON2C(Cl)=C(Cl)NC2(C)C#N)cc1. The van der Waals surface area contributed by atoms with E-state index in [2.05, 4.69) is 11.4 Å². The molecule has 0 fully saturated rings. The zero-order chi connectivity index (χ0) is 14.0. The van der Waals surface area contributed by atoms with Crippen LogP contribution in [0, 0.1) is 18.3 Å². The van der Waals surface area contributed by atoms with Gasteiger partial charge in [0, 0.05) is 0 Å². The predicted molar refractivity (Wildman–Crippen MR) is 73.7 cm³/mol. The lowest BCUT2D eigenvalue weighted by molar-refractivity contribution is -0.176. The van der Waals surface area contributed by atoms with Crippen molar-refractivity contribution in [2.45, 2.75) is 26.1 Å². The lowest BCUT2D eigenvalue weighted by atomic mass is 10.2. The molecule has 0 aliphatic carbocycles. The van der Waals surface area contributed by atoms with E-state index in [9.17, 15) is 5.26 Å². The van der Waals surface area contributed by atoms with Crippen LogP contribution in [0.25, 0.3) is 0 Å². The van der Waals surface area contributed by atoms with Crippen molar-refractivity contribution in [2.24, 2.45) is 0 Å². The van der Waals surface area contributed by atoms with Gasteiger partial charge in [-0.3, -0.25) is 4.84 Å². The van der Waals surface area contributed by atoms with Gasteiger partial charge in [0.2, 0.25) is 5.66 Å². The molecule has 1 aliphatic heterocycles. The van der Waals surface area contributed by atoms with Crippen LogP contribution >= 0.6 is 23.2 Å². The summed E-state index contributed by atoms with van der Waals surface area (Å²) < 4.78 is 0. The molecule has 1 heterocycles. The lowest BCUT2D eigenvalue weighted by Crippen LogP contribution is -2.48. The molecule has 6 heteroatoms. The minimum Gasteiger partial charge on any atom is -0.337 e. The normalized spacial score (nSPS) is 22.4. The number of aryl methyl sites for hydroxylation is 1. The molecule has 1 atom stereocenters. The highest BCUT2D eigenvalue weighted by Gasteiger charge is 2.42. The third kappa shape index (κ3) is 2.79. The van der Waals surface area contributed by atoms with Crippen molar-refractivity contribution < 1.29 is 4.84 Å². The Labute approximate surface area is 122 Å². The van der Waals surface area contributed by atoms with Crippen LogP contribution in [-0.4, -0.2) is 10.7 Å². The zero-order valence-corrected chi connectivity index (χ0v) is 12.1. The second kappa shape index (κ2) is 5.30. The van der Waals surface area contributed by atoms with Crippen LogP contribution in [-0.2, 0) is 11.4 Å². The van der Waals surface area contributed by atoms with E-state index in [1.54, 1.807) is 6.92 Å². The van der Waals surface area contributed by atoms with E-state index < -0.39 is 5.66 Å². The topological polar surface area (TPSA) is 48.3 Å². The van der Waals surface area contributed by atoms with Crippen LogP contribution in [0.15, 0.2) is 34.6 Å². The van der Waals surface area contributed by atoms with Crippen LogP contribution in [0.5, 0.6) is 0 Å². The Bertz CT molecular complexity index is 550. The van der Waals surface area contributed by atoms with E-state index in [4.69, 9.17) is 28.0 Å². The third-order valence-electron chi connectivity index (χ3n) is 2.82. The average molecular weight is 298 g/mol. The largest absolute Gasteiger partial charge is 0.337 e. The van der Waals surface area contributed by atoms with Crippen molar-refractivity contribution in [2.75, 3.05) is 0 Å². The Morgan fingerprint density at radius 1 is 1.37 bits per heavy atom. The van der Waals surface area contributed by atoms with Crippen LogP contribution in [0.1, 0.15) is 18.1 Å². The van der Waals surface area contributed by atoms with Gasteiger partial charge in [-0.15, -0.1) is 0 Å². The van der Waals surface area contributed by atoms with Crippen molar-refractivity contribution in [3.05, 3.63) is 45.7 Å². The van der Waals surface area contributed by atoms with Crippen molar-refractivity contribution in [1.82, 2.24) is 10.4 Å². The first kappa shape index (κ1) is 14.0. The number of nitrogens with one attached hydrogen (secondary N) is 1. The maximum Gasteiger partial charge on any atom is 0.222 e. The summed E-state index contributed by atoms with van der Waals surface area (Å²) in [6.07, 6.45) is 0. The Kier molecular flexibility index (Phi) is 3.91. The third-order valence-corrected chi connectivity index (χ3v) is 3.53. The van der Waals surface area contributed by atoms with Crippen molar-refractivity contribution in [3.8, 4) is 6.07 Å². The van der Waals surface area contributed by atoms with E-state index in [0.29, 0.717) is 6.61 Å². The smallest absolute Gasteiger partial charge is 0.222 e. The molecule has 1 N–H and O–H groups in total. The minimum atomic E-state index is -1.10. The Morgan fingerprint density at radius 3 is 2.58 bits per heavy atom. The first-order chi connectivity index (χ1) is 8.96. The fraction of sp³-hybridized carbons (Fsp3) is 0.308. The molecule has 0 amide bonds. The van der Waals surface area contributed by atoms with E-state index in [1.807, 2.05) is 31.2 Å². The maximum absolute atomic E-state index is 9.19. The quantitative estimate of drug-likeness (QED) is 0.871. The molecule has 1 unspecified atom stereocenters. The van der Waals surface area contributed by atoms with Crippen molar-refractivity contribution in [3.63, 3.8) is 0 Å². The number of benzene rings is 1. The molecule has 1 aromatic carbocycles. The number of hydroxylamine groups is 2. The van der Waals surface area contributed by atoms with Gasteiger partial charge in [0.15, 0.2) is 5.16 Å². The number of nitrogens with zero attached hydrogens (tertiary/aromatic N) is 2. The molecule has 0 saturated carbocycles. The number of nitriles is 1. The zero-order valence-electron chi connectivity index (χ0n) is 10.6. The maximum atomic E-state index is 9.19. The van der Waals surface area contributed by atoms with E-state index in [0.717, 1.165) is 5.56 Å². The standard InChI is InChI=1S/C13H13Cl2N3O/c1-9-3-5-10(6-4-9)7-19-18-12(15)11(14)17-13(18,2)8-16/h3-6,17H,7H2,1-2H3. The highest BCUT2D eigenvalue weighted by atomic mass is 35.5. The number of rotatable bonds is 3. The first-order valence-corrected chi connectivity index (χ1v) is 6.45. The summed E-state index contributed by atoms with van der Waals surface area (Å²) in [5, 5.41) is 13.6. The summed E-state index contributed by atoms with van der Waals surface area (Å²) in [6, 6.07) is 9.99. The summed E-state index contributed by atoms with van der Waals surface area (Å²) in [6.45, 7) is 3.96. The predicted octanol–water partition coefficient (Wildman–Crippen LogP) is 3.18. The van der Waals surface area contributed by atoms with Gasteiger partial charge in [0.1, 0.15) is 17.8 Å². The molecule has 1 aromatic rings. The van der Waals surface area contributed by atoms with Gasteiger partial charge in [0.05, 0.1) is 0 Å². The second-order valence-corrected chi connectivity index (χ2v) is 5.20. The summed E-state index contributed by atoms with van der Waals surface area (Å²) in [5.41, 5.74) is 1.06. The first-order valence-electron chi connectivity index (χ1n) is 5.69. The summed E-state index contributed by atoms with van der Waals surface area (Å²) in [4.78, 5) is 5.59. The average Bonchev–Trinajstić information content (AvgIpc) is 2.61. The number of hydrogen-bond acceptors (Lipinski definition) is 4. The van der Waals surface area contributed by atoms with Crippen molar-refractivity contribution >= 4 is 23.2 Å². The molecule has 0 saturated heterocycles. The second-order valence-electron chi connectivity index (χ2n) is 4.47. The highest BCUT2D eigenvalue weighted by molar-refractivity contribution is 6.39. The molecular formula is C13H13Cl2N3O. The van der Waals surface area contributed by atoms with Gasteiger partial charge < -0.3 is 5.32 Å². The van der Waals surface area contributed by atoms with Crippen LogP contribution < -0.4 is 5.32 Å². The Hall–Kier alpha value is -1.41. The van der Waals surface area contributed by atoms with Crippen LogP contribution in [0.4, 0.5) is 0 Å². The Morgan fingerprint density at radius 2 is 2.00 bits per heavy atom. The van der Waals surface area contributed by atoms with Gasteiger partial charge in [-0.1, -0.05) is 53.0 Å². The van der Waals surface area contributed by atoms with Gasteiger partial charge in [-0.2, -0.15) is 10.3 Å². The summed E-state index contributed by atoms with van der Waals surface area (Å²) >= 11 is 11.9. The van der Waals surface area contributed by atoms with E-state index >= 15 is 0 Å². The fourth-order valence-electron chi connectivity index (χ4n) is 1.68. The highest BCUT2D eigenvalue weighted by Crippen LogP contribution is 2.32. The molecule has 19 heavy (non-hydrogen) atoms. The minimum absolute atomic E-state index is 0.179. The molecule has 100 valence electrons. The van der Waals surface area contributed by atoms with Gasteiger partial charge in [-0.05, 0) is 19.4 Å². The van der Waals surface area contributed by atoms with Gasteiger partial charge in [-0.25, -0.2) is 0 Å². The van der Waals surface area contributed by atoms with Crippen molar-refractivity contribution in [1.29, 1.82) is 5.26 Å². The molecule has 0 bridgehead atoms. The monoisotopic (exact) mass is 297 g/mol. The fourth-order valence-corrected chi connectivity index (χ4v) is 2.21. The van der Waals surface area contributed by atoms with E-state index in [1.165, 1.54) is 10.6 Å². The summed E-state index contributed by atoms with van der Waals surface area (Å²) in [7, 11) is 0. The molecule has 0 aromatic heterocycles. The molecule has 4 nitrogen and oxygen atoms in total. The number of hydrogen-bond donors (Lipinski definition) is 1. The van der Waals surface area contributed by atoms with E-state index in [-0.39, 0.29) is 10.3 Å². The lowest BCUT2D eigenvalue weighted by Gasteiger charge is -2.29. The Balaban J connectivity index is 2.09. The molecule has 0 spiro atoms. The molecular weight excluding hydrogens is 285 g/mol.